The van der Waals surface area contributed by atoms with E-state index in [1.807, 2.05) is 18.2 Å². The van der Waals surface area contributed by atoms with Crippen LogP contribution < -0.4 is 9.47 Å². The number of hydrogen-bond donors (Lipinski definition) is 1. The number of hydrogen-bond acceptors (Lipinski definition) is 3. The largest absolute Gasteiger partial charge is 0.496 e. The highest BCUT2D eigenvalue weighted by atomic mass is 16.5. The fraction of sp³-hybridized carbons (Fsp3) is 0.235. The maximum atomic E-state index is 11.2. The minimum absolute atomic E-state index is 0.235. The van der Waals surface area contributed by atoms with Crippen molar-refractivity contribution in [3.63, 3.8) is 0 Å². The van der Waals surface area contributed by atoms with E-state index in [0.29, 0.717) is 12.4 Å². The van der Waals surface area contributed by atoms with E-state index < -0.39 is 5.97 Å². The average Bonchev–Trinajstić information content (AvgIpc) is 2.53. The number of aryl methyl sites for hydroxylation is 1. The highest BCUT2D eigenvalue weighted by Crippen LogP contribution is 2.40. The molecule has 2 aromatic rings. The molecule has 21 heavy (non-hydrogen) atoms. The summed E-state index contributed by atoms with van der Waals surface area (Å²) in [6.45, 7) is 0.685. The summed E-state index contributed by atoms with van der Waals surface area (Å²) in [4.78, 5) is 11.2. The summed E-state index contributed by atoms with van der Waals surface area (Å²) in [7, 11) is 1.58. The molecule has 0 atom stereocenters. The highest BCUT2D eigenvalue weighted by molar-refractivity contribution is 5.91. The predicted molar refractivity (Wildman–Crippen MR) is 79.2 cm³/mol. The van der Waals surface area contributed by atoms with Crippen LogP contribution in [0.15, 0.2) is 36.4 Å². The molecule has 0 radical (unpaired) electrons. The standard InChI is InChI=1S/C17H16O4/c1-20-15-8-7-12(17(18)19)10-14(15)13-6-2-4-11-5-3-9-21-16(11)13/h2,4,6-8,10H,3,5,9H2,1H3,(H,18,19). The van der Waals surface area contributed by atoms with Crippen LogP contribution in [0.2, 0.25) is 0 Å². The Bertz CT molecular complexity index is 691. The number of benzene rings is 2. The molecule has 3 rings (SSSR count). The van der Waals surface area contributed by atoms with Gasteiger partial charge >= 0.3 is 5.97 Å². The zero-order chi connectivity index (χ0) is 14.8. The number of methoxy groups -OCH3 is 1. The van der Waals surface area contributed by atoms with Gasteiger partial charge < -0.3 is 14.6 Å². The Morgan fingerprint density at radius 1 is 1.24 bits per heavy atom. The van der Waals surface area contributed by atoms with Gasteiger partial charge in [0, 0.05) is 11.1 Å². The average molecular weight is 284 g/mol. The first kappa shape index (κ1) is 13.5. The molecule has 1 aliphatic heterocycles. The molecule has 2 aromatic carbocycles. The van der Waals surface area contributed by atoms with E-state index in [9.17, 15) is 9.90 Å². The van der Waals surface area contributed by atoms with E-state index in [2.05, 4.69) is 0 Å². The lowest BCUT2D eigenvalue weighted by Gasteiger charge is -2.21. The number of carbonyl (C=O) groups is 1. The van der Waals surface area contributed by atoms with Crippen molar-refractivity contribution in [1.82, 2.24) is 0 Å². The van der Waals surface area contributed by atoms with Gasteiger partial charge in [0.25, 0.3) is 0 Å². The van der Waals surface area contributed by atoms with Crippen LogP contribution in [0, 0.1) is 0 Å². The summed E-state index contributed by atoms with van der Waals surface area (Å²) in [5, 5.41) is 9.19. The molecule has 0 unspecified atom stereocenters. The molecule has 0 amide bonds. The monoisotopic (exact) mass is 284 g/mol. The smallest absolute Gasteiger partial charge is 0.335 e. The van der Waals surface area contributed by atoms with Crippen LogP contribution in [-0.4, -0.2) is 24.8 Å². The summed E-state index contributed by atoms with van der Waals surface area (Å²) in [6.07, 6.45) is 1.98. The Labute approximate surface area is 122 Å². The Morgan fingerprint density at radius 3 is 2.86 bits per heavy atom. The van der Waals surface area contributed by atoms with E-state index in [-0.39, 0.29) is 5.56 Å². The zero-order valence-electron chi connectivity index (χ0n) is 11.8. The van der Waals surface area contributed by atoms with Gasteiger partial charge in [-0.15, -0.1) is 0 Å². The first-order valence-corrected chi connectivity index (χ1v) is 6.87. The lowest BCUT2D eigenvalue weighted by molar-refractivity contribution is 0.0697. The van der Waals surface area contributed by atoms with Crippen molar-refractivity contribution in [2.75, 3.05) is 13.7 Å². The predicted octanol–water partition coefficient (Wildman–Crippen LogP) is 3.39. The third kappa shape index (κ3) is 2.44. The Balaban J connectivity index is 2.19. The van der Waals surface area contributed by atoms with Crippen LogP contribution >= 0.6 is 0 Å². The maximum Gasteiger partial charge on any atom is 0.335 e. The van der Waals surface area contributed by atoms with Crippen LogP contribution in [0.4, 0.5) is 0 Å². The number of aromatic carboxylic acids is 1. The molecule has 1 N–H and O–H groups in total. The second-order valence-electron chi connectivity index (χ2n) is 4.97. The van der Waals surface area contributed by atoms with Crippen LogP contribution in [-0.2, 0) is 6.42 Å². The minimum Gasteiger partial charge on any atom is -0.496 e. The van der Waals surface area contributed by atoms with E-state index in [1.165, 1.54) is 0 Å². The number of rotatable bonds is 3. The molecule has 0 aromatic heterocycles. The number of carboxylic acids is 1. The van der Waals surface area contributed by atoms with Crippen molar-refractivity contribution >= 4 is 5.97 Å². The molecule has 4 heteroatoms. The van der Waals surface area contributed by atoms with Gasteiger partial charge in [-0.05, 0) is 36.6 Å². The second kappa shape index (κ2) is 5.48. The van der Waals surface area contributed by atoms with Crippen molar-refractivity contribution in [3.8, 4) is 22.6 Å². The summed E-state index contributed by atoms with van der Waals surface area (Å²) < 4.78 is 11.2. The van der Waals surface area contributed by atoms with E-state index in [0.717, 1.165) is 35.3 Å². The van der Waals surface area contributed by atoms with Gasteiger partial charge in [-0.3, -0.25) is 0 Å². The van der Waals surface area contributed by atoms with Gasteiger partial charge in [-0.25, -0.2) is 4.79 Å². The van der Waals surface area contributed by atoms with Crippen molar-refractivity contribution < 1.29 is 19.4 Å². The highest BCUT2D eigenvalue weighted by Gasteiger charge is 2.19. The quantitative estimate of drug-likeness (QED) is 0.938. The number of ether oxygens (including phenoxy) is 2. The SMILES string of the molecule is COc1ccc(C(=O)O)cc1-c1cccc2c1OCCC2. The zero-order valence-corrected chi connectivity index (χ0v) is 11.8. The molecule has 0 saturated heterocycles. The summed E-state index contributed by atoms with van der Waals surface area (Å²) in [5.41, 5.74) is 3.02. The molecule has 0 aliphatic carbocycles. The molecule has 1 heterocycles. The van der Waals surface area contributed by atoms with Gasteiger partial charge in [0.05, 0.1) is 19.3 Å². The molecule has 0 fully saturated rings. The van der Waals surface area contributed by atoms with Gasteiger partial charge in [-0.2, -0.15) is 0 Å². The van der Waals surface area contributed by atoms with Crippen molar-refractivity contribution in [2.24, 2.45) is 0 Å². The fourth-order valence-electron chi connectivity index (χ4n) is 2.65. The van der Waals surface area contributed by atoms with Crippen molar-refractivity contribution in [3.05, 3.63) is 47.5 Å². The fourth-order valence-corrected chi connectivity index (χ4v) is 2.65. The van der Waals surface area contributed by atoms with Crippen LogP contribution in [0.1, 0.15) is 22.3 Å². The van der Waals surface area contributed by atoms with E-state index >= 15 is 0 Å². The molecule has 4 nitrogen and oxygen atoms in total. The molecule has 0 saturated carbocycles. The summed E-state index contributed by atoms with van der Waals surface area (Å²) in [6, 6.07) is 10.8. The molecule has 0 spiro atoms. The lowest BCUT2D eigenvalue weighted by Crippen LogP contribution is -2.09. The molecule has 0 bridgehead atoms. The first-order valence-electron chi connectivity index (χ1n) is 6.87. The van der Waals surface area contributed by atoms with Crippen LogP contribution in [0.25, 0.3) is 11.1 Å². The van der Waals surface area contributed by atoms with Crippen molar-refractivity contribution in [2.45, 2.75) is 12.8 Å². The Morgan fingerprint density at radius 2 is 2.10 bits per heavy atom. The normalized spacial score (nSPS) is 13.2. The maximum absolute atomic E-state index is 11.2. The molecule has 108 valence electrons. The minimum atomic E-state index is -0.954. The Kier molecular flexibility index (Phi) is 3.52. The second-order valence-corrected chi connectivity index (χ2v) is 4.97. The van der Waals surface area contributed by atoms with Gasteiger partial charge in [0.2, 0.25) is 0 Å². The summed E-state index contributed by atoms with van der Waals surface area (Å²) >= 11 is 0. The van der Waals surface area contributed by atoms with Crippen LogP contribution in [0.3, 0.4) is 0 Å². The van der Waals surface area contributed by atoms with E-state index in [1.54, 1.807) is 25.3 Å². The van der Waals surface area contributed by atoms with Crippen LogP contribution in [0.5, 0.6) is 11.5 Å². The van der Waals surface area contributed by atoms with Gasteiger partial charge in [-0.1, -0.05) is 18.2 Å². The van der Waals surface area contributed by atoms with Gasteiger partial charge in [0.1, 0.15) is 11.5 Å². The Hall–Kier alpha value is -2.49. The third-order valence-electron chi connectivity index (χ3n) is 3.67. The number of carboxylic acid groups (broad SMARTS) is 1. The molecule has 1 aliphatic rings. The van der Waals surface area contributed by atoms with Gasteiger partial charge in [0.15, 0.2) is 0 Å². The number of fused-ring (bicyclic) bond motifs is 1. The topological polar surface area (TPSA) is 55.8 Å². The molecular formula is C17H16O4. The van der Waals surface area contributed by atoms with Crippen molar-refractivity contribution in [1.29, 1.82) is 0 Å². The summed E-state index contributed by atoms with van der Waals surface area (Å²) in [5.74, 6) is 0.525. The lowest BCUT2D eigenvalue weighted by atomic mass is 9.96. The first-order chi connectivity index (χ1) is 10.2. The number of para-hydroxylation sites is 1. The molecular weight excluding hydrogens is 268 g/mol. The third-order valence-corrected chi connectivity index (χ3v) is 3.67. The van der Waals surface area contributed by atoms with E-state index in [4.69, 9.17) is 9.47 Å².